The zero-order chi connectivity index (χ0) is 13.7. The number of anilines is 1. The van der Waals surface area contributed by atoms with E-state index in [4.69, 9.17) is 0 Å². The van der Waals surface area contributed by atoms with E-state index >= 15 is 0 Å². The molecule has 96 valence electrons. The molecule has 0 saturated heterocycles. The lowest BCUT2D eigenvalue weighted by Gasteiger charge is -2.01. The van der Waals surface area contributed by atoms with Crippen LogP contribution in [-0.4, -0.2) is 10.9 Å². The van der Waals surface area contributed by atoms with Crippen molar-refractivity contribution in [1.29, 1.82) is 0 Å². The second kappa shape index (κ2) is 5.82. The molecular weight excluding hydrogens is 245 g/mol. The van der Waals surface area contributed by atoms with Crippen molar-refractivity contribution in [3.63, 3.8) is 0 Å². The number of aromatic hydroxyl groups is 1. The van der Waals surface area contributed by atoms with E-state index in [1.807, 2.05) is 0 Å². The van der Waals surface area contributed by atoms with Crippen molar-refractivity contribution in [2.45, 2.75) is 0 Å². The number of para-hydroxylation sites is 1. The third-order valence-electron chi connectivity index (χ3n) is 2.50. The fourth-order valence-electron chi connectivity index (χ4n) is 1.53. The Morgan fingerprint density at radius 3 is 2.47 bits per heavy atom. The lowest BCUT2D eigenvalue weighted by atomic mass is 10.1. The van der Waals surface area contributed by atoms with Gasteiger partial charge in [0.15, 0.2) is 5.78 Å². The summed E-state index contributed by atoms with van der Waals surface area (Å²) in [5, 5.41) is 12.4. The lowest BCUT2D eigenvalue weighted by Crippen LogP contribution is -1.96. The van der Waals surface area contributed by atoms with Crippen LogP contribution in [0.2, 0.25) is 0 Å². The summed E-state index contributed by atoms with van der Waals surface area (Å²) in [4.78, 5) is 11.8. The molecule has 0 aliphatic carbocycles. The first-order valence-corrected chi connectivity index (χ1v) is 5.68. The SMILES string of the molecule is O=C(/C=C/Nc1ccc(F)cc1)c1ccccc1O. The molecule has 2 N–H and O–H groups in total. The first-order chi connectivity index (χ1) is 9.16. The van der Waals surface area contributed by atoms with Crippen LogP contribution in [0.1, 0.15) is 10.4 Å². The van der Waals surface area contributed by atoms with Crippen molar-refractivity contribution < 1.29 is 14.3 Å². The second-order valence-corrected chi connectivity index (χ2v) is 3.87. The smallest absolute Gasteiger partial charge is 0.190 e. The van der Waals surface area contributed by atoms with Crippen molar-refractivity contribution in [2.24, 2.45) is 0 Å². The molecule has 2 aromatic carbocycles. The van der Waals surface area contributed by atoms with Gasteiger partial charge in [0, 0.05) is 18.0 Å². The molecule has 0 bridgehead atoms. The second-order valence-electron chi connectivity index (χ2n) is 3.87. The number of carbonyl (C=O) groups excluding carboxylic acids is 1. The highest BCUT2D eigenvalue weighted by Gasteiger charge is 2.05. The van der Waals surface area contributed by atoms with Crippen LogP contribution in [0.5, 0.6) is 5.75 Å². The third kappa shape index (κ3) is 3.42. The summed E-state index contributed by atoms with van der Waals surface area (Å²) in [5.74, 6) is -0.688. The maximum Gasteiger partial charge on any atom is 0.190 e. The number of hydrogen-bond acceptors (Lipinski definition) is 3. The number of ketones is 1. The molecule has 0 radical (unpaired) electrons. The van der Waals surface area contributed by atoms with Gasteiger partial charge in [0.05, 0.1) is 5.56 Å². The molecule has 4 heteroatoms. The van der Waals surface area contributed by atoms with Gasteiger partial charge in [-0.3, -0.25) is 4.79 Å². The maximum absolute atomic E-state index is 12.7. The zero-order valence-corrected chi connectivity index (χ0v) is 10.0. The Kier molecular flexibility index (Phi) is 3.93. The maximum atomic E-state index is 12.7. The van der Waals surface area contributed by atoms with Crippen LogP contribution in [0.25, 0.3) is 0 Å². The topological polar surface area (TPSA) is 49.3 Å². The largest absolute Gasteiger partial charge is 0.507 e. The molecule has 0 spiro atoms. The number of phenolic OH excluding ortho intramolecular Hbond substituents is 1. The van der Waals surface area contributed by atoms with E-state index in [1.54, 1.807) is 30.3 Å². The van der Waals surface area contributed by atoms with Crippen molar-refractivity contribution in [3.05, 3.63) is 72.2 Å². The van der Waals surface area contributed by atoms with Gasteiger partial charge in [-0.25, -0.2) is 4.39 Å². The fourth-order valence-corrected chi connectivity index (χ4v) is 1.53. The number of nitrogens with one attached hydrogen (secondary N) is 1. The summed E-state index contributed by atoms with van der Waals surface area (Å²) in [7, 11) is 0. The molecule has 0 aliphatic heterocycles. The normalized spacial score (nSPS) is 10.6. The lowest BCUT2D eigenvalue weighted by molar-refractivity contribution is 0.104. The molecule has 0 fully saturated rings. The average molecular weight is 257 g/mol. The highest BCUT2D eigenvalue weighted by molar-refractivity contribution is 6.06. The summed E-state index contributed by atoms with van der Waals surface area (Å²) >= 11 is 0. The van der Waals surface area contributed by atoms with Gasteiger partial charge in [-0.15, -0.1) is 0 Å². The highest BCUT2D eigenvalue weighted by Crippen LogP contribution is 2.16. The van der Waals surface area contributed by atoms with E-state index in [1.165, 1.54) is 30.5 Å². The molecule has 0 unspecified atom stereocenters. The van der Waals surface area contributed by atoms with E-state index in [-0.39, 0.29) is 22.9 Å². The quantitative estimate of drug-likeness (QED) is 0.652. The highest BCUT2D eigenvalue weighted by atomic mass is 19.1. The van der Waals surface area contributed by atoms with Crippen molar-refractivity contribution in [3.8, 4) is 5.75 Å². The molecule has 2 aromatic rings. The van der Waals surface area contributed by atoms with E-state index < -0.39 is 0 Å². The van der Waals surface area contributed by atoms with Crippen LogP contribution >= 0.6 is 0 Å². The van der Waals surface area contributed by atoms with Crippen LogP contribution in [0.3, 0.4) is 0 Å². The van der Waals surface area contributed by atoms with Gasteiger partial charge >= 0.3 is 0 Å². The number of allylic oxidation sites excluding steroid dienone is 1. The Bertz CT molecular complexity index is 606. The minimum atomic E-state index is -0.320. The van der Waals surface area contributed by atoms with Gasteiger partial charge in [-0.2, -0.15) is 0 Å². The molecule has 19 heavy (non-hydrogen) atoms. The summed E-state index contributed by atoms with van der Waals surface area (Å²) in [5.41, 5.74) is 0.905. The predicted molar refractivity (Wildman–Crippen MR) is 71.6 cm³/mol. The van der Waals surface area contributed by atoms with E-state index in [0.717, 1.165) is 0 Å². The van der Waals surface area contributed by atoms with E-state index in [9.17, 15) is 14.3 Å². The standard InChI is InChI=1S/C15H12FNO2/c16-11-5-7-12(8-6-11)17-10-9-15(19)13-3-1-2-4-14(13)18/h1-10,17-18H/b10-9+. The molecule has 3 nitrogen and oxygen atoms in total. The summed E-state index contributed by atoms with van der Waals surface area (Å²) in [6, 6.07) is 12.1. The van der Waals surface area contributed by atoms with Crippen LogP contribution in [0.15, 0.2) is 60.8 Å². The third-order valence-corrected chi connectivity index (χ3v) is 2.50. The molecule has 0 heterocycles. The Labute approximate surface area is 110 Å². The Hall–Kier alpha value is -2.62. The number of halogens is 1. The molecule has 0 aliphatic rings. The van der Waals surface area contributed by atoms with Crippen LogP contribution < -0.4 is 5.32 Å². The van der Waals surface area contributed by atoms with E-state index in [2.05, 4.69) is 5.32 Å². The minimum Gasteiger partial charge on any atom is -0.507 e. The van der Waals surface area contributed by atoms with Crippen molar-refractivity contribution >= 4 is 11.5 Å². The van der Waals surface area contributed by atoms with Crippen molar-refractivity contribution in [2.75, 3.05) is 5.32 Å². The molecule has 0 saturated carbocycles. The van der Waals surface area contributed by atoms with Gasteiger partial charge < -0.3 is 10.4 Å². The van der Waals surface area contributed by atoms with Gasteiger partial charge in [-0.05, 0) is 36.4 Å². The molecule has 2 rings (SSSR count). The van der Waals surface area contributed by atoms with E-state index in [0.29, 0.717) is 5.69 Å². The molecule has 0 atom stereocenters. The van der Waals surface area contributed by atoms with Gasteiger partial charge in [-0.1, -0.05) is 12.1 Å². The van der Waals surface area contributed by atoms with Gasteiger partial charge in [0.25, 0.3) is 0 Å². The first kappa shape index (κ1) is 12.8. The number of benzene rings is 2. The number of hydrogen-bond donors (Lipinski definition) is 2. The number of carbonyl (C=O) groups is 1. The number of phenols is 1. The van der Waals surface area contributed by atoms with Crippen LogP contribution in [-0.2, 0) is 0 Å². The van der Waals surface area contributed by atoms with Gasteiger partial charge in [0.1, 0.15) is 11.6 Å². The molecule has 0 aromatic heterocycles. The minimum absolute atomic E-state index is 0.0565. The Morgan fingerprint density at radius 1 is 1.11 bits per heavy atom. The monoisotopic (exact) mass is 257 g/mol. The van der Waals surface area contributed by atoms with Gasteiger partial charge in [0.2, 0.25) is 0 Å². The molecule has 0 amide bonds. The van der Waals surface area contributed by atoms with Crippen LogP contribution in [0, 0.1) is 5.82 Å². The van der Waals surface area contributed by atoms with Crippen molar-refractivity contribution in [1.82, 2.24) is 0 Å². The summed E-state index contributed by atoms with van der Waals surface area (Å²) < 4.78 is 12.7. The van der Waals surface area contributed by atoms with Crippen LogP contribution in [0.4, 0.5) is 10.1 Å². The summed E-state index contributed by atoms with van der Waals surface area (Å²) in [6.07, 6.45) is 2.75. The fraction of sp³-hybridized carbons (Fsp3) is 0. The predicted octanol–water partition coefficient (Wildman–Crippen LogP) is 3.34. The zero-order valence-electron chi connectivity index (χ0n) is 10.0. The summed E-state index contributed by atoms with van der Waals surface area (Å²) in [6.45, 7) is 0. The molecular formula is C15H12FNO2. The average Bonchev–Trinajstić information content (AvgIpc) is 2.41. The Morgan fingerprint density at radius 2 is 1.79 bits per heavy atom. The number of rotatable bonds is 4. The Balaban J connectivity index is 2.01. The first-order valence-electron chi connectivity index (χ1n) is 5.68.